The molecule has 6 nitrogen and oxygen atoms in total. The number of hydrogen-bond donors (Lipinski definition) is 1. The number of rotatable bonds is 3. The van der Waals surface area contributed by atoms with E-state index < -0.39 is 10.0 Å². The molecule has 1 heterocycles. The number of nitrogens with one attached hydrogen (secondary N) is 1. The fourth-order valence-electron chi connectivity index (χ4n) is 2.69. The molecule has 1 aliphatic heterocycles. The molecule has 1 aromatic rings. The van der Waals surface area contributed by atoms with Crippen LogP contribution in [0.4, 0.5) is 0 Å². The zero-order valence-corrected chi connectivity index (χ0v) is 15.7. The predicted octanol–water partition coefficient (Wildman–Crippen LogP) is 2.01. The van der Waals surface area contributed by atoms with E-state index in [0.717, 1.165) is 0 Å². The zero-order valence-electron chi connectivity index (χ0n) is 14.9. The molecule has 24 heavy (non-hydrogen) atoms. The molecule has 1 N–H and O–H groups in total. The number of carbonyl (C=O) groups is 1. The van der Waals surface area contributed by atoms with Gasteiger partial charge in [-0.3, -0.25) is 4.79 Å². The highest BCUT2D eigenvalue weighted by Crippen LogP contribution is 2.22. The molecule has 2 atom stereocenters. The molecule has 0 spiro atoms. The van der Waals surface area contributed by atoms with E-state index in [0.29, 0.717) is 18.7 Å². The maximum Gasteiger partial charge on any atom is 0.251 e. The Morgan fingerprint density at radius 1 is 1.21 bits per heavy atom. The van der Waals surface area contributed by atoms with Crippen LogP contribution in [0, 0.1) is 0 Å². The van der Waals surface area contributed by atoms with E-state index in [2.05, 4.69) is 5.32 Å². The van der Waals surface area contributed by atoms with Crippen LogP contribution < -0.4 is 5.32 Å². The Morgan fingerprint density at radius 2 is 1.79 bits per heavy atom. The third-order valence-electron chi connectivity index (χ3n) is 3.61. The molecule has 1 amide bonds. The summed E-state index contributed by atoms with van der Waals surface area (Å²) in [7, 11) is -3.65. The largest absolute Gasteiger partial charge is 0.373 e. The quantitative estimate of drug-likeness (QED) is 0.901. The van der Waals surface area contributed by atoms with Gasteiger partial charge in [0.15, 0.2) is 0 Å². The van der Waals surface area contributed by atoms with Crippen LogP contribution in [0.2, 0.25) is 0 Å². The van der Waals surface area contributed by atoms with Gasteiger partial charge in [-0.25, -0.2) is 8.42 Å². The average molecular weight is 354 g/mol. The molecule has 1 fully saturated rings. The van der Waals surface area contributed by atoms with E-state index in [1.54, 1.807) is 12.1 Å². The standard InChI is InChI=1S/C17H26N2O4S/c1-12-10-19(11-13(2)23-12)24(21,22)15-8-6-7-14(9-15)16(20)18-17(3,4)5/h6-9,12-13H,10-11H2,1-5H3,(H,18,20)/t12-,13-/m0/s1. The van der Waals surface area contributed by atoms with Crippen molar-refractivity contribution < 1.29 is 17.9 Å². The lowest BCUT2D eigenvalue weighted by molar-refractivity contribution is -0.0440. The highest BCUT2D eigenvalue weighted by atomic mass is 32.2. The summed E-state index contributed by atoms with van der Waals surface area (Å²) < 4.78 is 32.8. The van der Waals surface area contributed by atoms with E-state index in [9.17, 15) is 13.2 Å². The number of nitrogens with zero attached hydrogens (tertiary/aromatic N) is 1. The normalized spacial score (nSPS) is 23.0. The van der Waals surface area contributed by atoms with Gasteiger partial charge >= 0.3 is 0 Å². The molecule has 0 unspecified atom stereocenters. The number of morpholine rings is 1. The summed E-state index contributed by atoms with van der Waals surface area (Å²) in [5.41, 5.74) is -0.0542. The van der Waals surface area contributed by atoms with Crippen molar-refractivity contribution in [3.05, 3.63) is 29.8 Å². The van der Waals surface area contributed by atoms with Gasteiger partial charge in [-0.15, -0.1) is 0 Å². The predicted molar refractivity (Wildman–Crippen MR) is 92.4 cm³/mol. The van der Waals surface area contributed by atoms with Crippen LogP contribution in [0.1, 0.15) is 45.0 Å². The topological polar surface area (TPSA) is 75.7 Å². The summed E-state index contributed by atoms with van der Waals surface area (Å²) in [6.07, 6.45) is -0.313. The first-order chi connectivity index (χ1) is 11.0. The fourth-order valence-corrected chi connectivity index (χ4v) is 4.32. The lowest BCUT2D eigenvalue weighted by Gasteiger charge is -2.34. The lowest BCUT2D eigenvalue weighted by Crippen LogP contribution is -2.48. The first kappa shape index (κ1) is 18.9. The Labute approximate surface area is 144 Å². The van der Waals surface area contributed by atoms with Gasteiger partial charge in [0.25, 0.3) is 5.91 Å². The second-order valence-electron chi connectivity index (χ2n) is 7.31. The highest BCUT2D eigenvalue weighted by Gasteiger charge is 2.32. The van der Waals surface area contributed by atoms with Crippen molar-refractivity contribution in [3.8, 4) is 0 Å². The van der Waals surface area contributed by atoms with Crippen LogP contribution in [0.15, 0.2) is 29.2 Å². The molecule has 1 aromatic carbocycles. The molecule has 0 aliphatic carbocycles. The Bertz CT molecular complexity index is 700. The molecule has 1 aliphatic rings. The van der Waals surface area contributed by atoms with Crippen LogP contribution in [-0.4, -0.2) is 49.5 Å². The van der Waals surface area contributed by atoms with Crippen molar-refractivity contribution >= 4 is 15.9 Å². The first-order valence-electron chi connectivity index (χ1n) is 8.07. The summed E-state index contributed by atoms with van der Waals surface area (Å²) in [5, 5.41) is 2.84. The van der Waals surface area contributed by atoms with E-state index in [1.807, 2.05) is 34.6 Å². The van der Waals surface area contributed by atoms with Crippen LogP contribution in [0.3, 0.4) is 0 Å². The van der Waals surface area contributed by atoms with Crippen LogP contribution in [0.5, 0.6) is 0 Å². The number of sulfonamides is 1. The summed E-state index contributed by atoms with van der Waals surface area (Å²) in [6.45, 7) is 9.96. The van der Waals surface area contributed by atoms with E-state index in [-0.39, 0.29) is 28.5 Å². The minimum Gasteiger partial charge on any atom is -0.373 e. The molecular formula is C17H26N2O4S. The Hall–Kier alpha value is -1.44. The van der Waals surface area contributed by atoms with Gasteiger partial charge in [0.1, 0.15) is 0 Å². The number of ether oxygens (including phenoxy) is 1. The maximum atomic E-state index is 12.9. The maximum absolute atomic E-state index is 12.9. The van der Waals surface area contributed by atoms with Gasteiger partial charge in [-0.2, -0.15) is 4.31 Å². The van der Waals surface area contributed by atoms with Crippen molar-refractivity contribution in [1.82, 2.24) is 9.62 Å². The van der Waals surface area contributed by atoms with Crippen molar-refractivity contribution in [2.24, 2.45) is 0 Å². The number of amides is 1. The number of hydrogen-bond acceptors (Lipinski definition) is 4. The van der Waals surface area contributed by atoms with Crippen LogP contribution in [-0.2, 0) is 14.8 Å². The van der Waals surface area contributed by atoms with Crippen molar-refractivity contribution in [2.75, 3.05) is 13.1 Å². The molecule has 2 rings (SSSR count). The van der Waals surface area contributed by atoms with Crippen molar-refractivity contribution in [3.63, 3.8) is 0 Å². The van der Waals surface area contributed by atoms with Crippen molar-refractivity contribution in [1.29, 1.82) is 0 Å². The molecule has 0 bridgehead atoms. The van der Waals surface area contributed by atoms with Crippen molar-refractivity contribution in [2.45, 2.75) is 57.3 Å². The second-order valence-corrected chi connectivity index (χ2v) is 9.25. The summed E-state index contributed by atoms with van der Waals surface area (Å²) >= 11 is 0. The Morgan fingerprint density at radius 3 is 2.33 bits per heavy atom. The third-order valence-corrected chi connectivity index (χ3v) is 5.44. The molecule has 7 heteroatoms. The van der Waals surface area contributed by atoms with Crippen LogP contribution >= 0.6 is 0 Å². The van der Waals surface area contributed by atoms with Gasteiger partial charge in [-0.05, 0) is 52.8 Å². The van der Waals surface area contributed by atoms with E-state index in [1.165, 1.54) is 16.4 Å². The van der Waals surface area contributed by atoms with Crippen LogP contribution in [0.25, 0.3) is 0 Å². The Balaban J connectivity index is 2.28. The number of benzene rings is 1. The molecular weight excluding hydrogens is 328 g/mol. The molecule has 0 aromatic heterocycles. The van der Waals surface area contributed by atoms with Gasteiger partial charge in [0, 0.05) is 24.2 Å². The Kier molecular flexibility index (Phi) is 5.37. The van der Waals surface area contributed by atoms with E-state index >= 15 is 0 Å². The SMILES string of the molecule is C[C@H]1CN(S(=O)(=O)c2cccc(C(=O)NC(C)(C)C)c2)C[C@H](C)O1. The monoisotopic (exact) mass is 354 g/mol. The van der Waals surface area contributed by atoms with Gasteiger partial charge in [-0.1, -0.05) is 6.07 Å². The highest BCUT2D eigenvalue weighted by molar-refractivity contribution is 7.89. The van der Waals surface area contributed by atoms with Gasteiger partial charge in [0.05, 0.1) is 17.1 Å². The lowest BCUT2D eigenvalue weighted by atomic mass is 10.1. The molecule has 1 saturated heterocycles. The first-order valence-corrected chi connectivity index (χ1v) is 9.51. The summed E-state index contributed by atoms with van der Waals surface area (Å²) in [4.78, 5) is 12.4. The zero-order chi connectivity index (χ0) is 18.1. The second kappa shape index (κ2) is 6.82. The smallest absolute Gasteiger partial charge is 0.251 e. The van der Waals surface area contributed by atoms with E-state index in [4.69, 9.17) is 4.74 Å². The molecule has 0 saturated carbocycles. The summed E-state index contributed by atoms with van der Waals surface area (Å²) in [6, 6.07) is 6.16. The van der Waals surface area contributed by atoms with Gasteiger partial charge in [0.2, 0.25) is 10.0 Å². The minimum atomic E-state index is -3.65. The average Bonchev–Trinajstić information content (AvgIpc) is 2.44. The molecule has 0 radical (unpaired) electrons. The minimum absolute atomic E-state index is 0.130. The summed E-state index contributed by atoms with van der Waals surface area (Å²) in [5.74, 6) is -0.289. The third kappa shape index (κ3) is 4.55. The van der Waals surface area contributed by atoms with Gasteiger partial charge < -0.3 is 10.1 Å². The fraction of sp³-hybridized carbons (Fsp3) is 0.588. The molecule has 134 valence electrons. The number of carbonyl (C=O) groups excluding carboxylic acids is 1.